The van der Waals surface area contributed by atoms with Crippen molar-refractivity contribution in [1.82, 2.24) is 9.62 Å². The van der Waals surface area contributed by atoms with Gasteiger partial charge in [0.2, 0.25) is 10.0 Å². The highest BCUT2D eigenvalue weighted by molar-refractivity contribution is 7.88. The van der Waals surface area contributed by atoms with Crippen LogP contribution in [0.2, 0.25) is 0 Å². The molecule has 2 aromatic rings. The molecular weight excluding hydrogens is 352 g/mol. The molecule has 6 nitrogen and oxygen atoms in total. The lowest BCUT2D eigenvalue weighted by atomic mass is 9.92. The van der Waals surface area contributed by atoms with Gasteiger partial charge < -0.3 is 10.1 Å². The topological polar surface area (TPSA) is 75.7 Å². The van der Waals surface area contributed by atoms with Crippen LogP contribution in [-0.2, 0) is 14.8 Å². The van der Waals surface area contributed by atoms with Crippen LogP contribution in [-0.4, -0.2) is 57.2 Å². The fraction of sp³-hybridized carbons (Fsp3) is 0.421. The second kappa shape index (κ2) is 7.34. The first-order valence-electron chi connectivity index (χ1n) is 8.61. The van der Waals surface area contributed by atoms with Crippen LogP contribution in [0.1, 0.15) is 23.2 Å². The van der Waals surface area contributed by atoms with Crippen LogP contribution in [0.25, 0.3) is 10.8 Å². The third-order valence-electron chi connectivity index (χ3n) is 5.14. The first-order chi connectivity index (χ1) is 12.3. The number of carbonyl (C=O) groups excluding carboxylic acids is 1. The molecule has 1 N–H and O–H groups in total. The third-order valence-corrected chi connectivity index (χ3v) is 6.44. The van der Waals surface area contributed by atoms with Crippen LogP contribution in [0.15, 0.2) is 42.5 Å². The first kappa shape index (κ1) is 18.8. The van der Waals surface area contributed by atoms with Gasteiger partial charge in [0, 0.05) is 32.3 Å². The molecule has 0 saturated carbocycles. The summed E-state index contributed by atoms with van der Waals surface area (Å²) in [5, 5.41) is 4.90. The number of amides is 1. The fourth-order valence-corrected chi connectivity index (χ4v) is 4.28. The quantitative estimate of drug-likeness (QED) is 0.866. The molecule has 2 aromatic carbocycles. The zero-order valence-electron chi connectivity index (χ0n) is 15.1. The highest BCUT2D eigenvalue weighted by atomic mass is 32.2. The van der Waals surface area contributed by atoms with Crippen molar-refractivity contribution in [2.75, 3.05) is 33.0 Å². The van der Waals surface area contributed by atoms with E-state index in [1.54, 1.807) is 7.11 Å². The van der Waals surface area contributed by atoms with E-state index in [9.17, 15) is 13.2 Å². The third kappa shape index (κ3) is 3.90. The summed E-state index contributed by atoms with van der Waals surface area (Å²) in [5.41, 5.74) is 0.0875. The highest BCUT2D eigenvalue weighted by Crippen LogP contribution is 2.27. The van der Waals surface area contributed by atoms with Gasteiger partial charge >= 0.3 is 0 Å². The molecule has 1 amide bonds. The molecule has 0 aromatic heterocycles. The van der Waals surface area contributed by atoms with E-state index in [2.05, 4.69) is 5.32 Å². The maximum absolute atomic E-state index is 12.7. The summed E-state index contributed by atoms with van der Waals surface area (Å²) in [5.74, 6) is -0.149. The van der Waals surface area contributed by atoms with Gasteiger partial charge in [-0.25, -0.2) is 12.7 Å². The summed E-state index contributed by atoms with van der Waals surface area (Å²) in [6.07, 6.45) is 2.31. The summed E-state index contributed by atoms with van der Waals surface area (Å²) < 4.78 is 30.5. The molecule has 140 valence electrons. The van der Waals surface area contributed by atoms with Crippen molar-refractivity contribution < 1.29 is 17.9 Å². The summed E-state index contributed by atoms with van der Waals surface area (Å²) in [4.78, 5) is 12.7. The predicted molar refractivity (Wildman–Crippen MR) is 102 cm³/mol. The van der Waals surface area contributed by atoms with Crippen LogP contribution in [0.5, 0.6) is 0 Å². The molecule has 1 aliphatic rings. The standard InChI is InChI=1S/C19H24N2O4S/c1-25-19(10-12-21(13-11-19)26(2,23)24)14-20-18(22)17-9-5-7-15-6-3-4-8-16(15)17/h3-9H,10-14H2,1-2H3,(H,20,22). The summed E-state index contributed by atoms with van der Waals surface area (Å²) in [6, 6.07) is 13.4. The number of carbonyl (C=O) groups is 1. The van der Waals surface area contributed by atoms with Crippen molar-refractivity contribution in [2.24, 2.45) is 0 Å². The Hall–Kier alpha value is -1.96. The van der Waals surface area contributed by atoms with E-state index in [0.717, 1.165) is 10.8 Å². The Kier molecular flexibility index (Phi) is 5.32. The largest absolute Gasteiger partial charge is 0.376 e. The van der Waals surface area contributed by atoms with Gasteiger partial charge in [0.05, 0.1) is 11.9 Å². The second-order valence-electron chi connectivity index (χ2n) is 6.76. The van der Waals surface area contributed by atoms with Crippen molar-refractivity contribution >= 4 is 26.7 Å². The van der Waals surface area contributed by atoms with E-state index in [1.807, 2.05) is 42.5 Å². The number of nitrogens with one attached hydrogen (secondary N) is 1. The van der Waals surface area contributed by atoms with Crippen LogP contribution in [0.4, 0.5) is 0 Å². The number of rotatable bonds is 5. The van der Waals surface area contributed by atoms with Gasteiger partial charge in [-0.15, -0.1) is 0 Å². The molecule has 0 atom stereocenters. The van der Waals surface area contributed by atoms with Gasteiger partial charge in [0.25, 0.3) is 5.91 Å². The Bertz CT molecular complexity index is 897. The van der Waals surface area contributed by atoms with Crippen molar-refractivity contribution in [2.45, 2.75) is 18.4 Å². The van der Waals surface area contributed by atoms with Crippen molar-refractivity contribution in [3.05, 3.63) is 48.0 Å². The number of nitrogens with zero attached hydrogens (tertiary/aromatic N) is 1. The van der Waals surface area contributed by atoms with E-state index in [4.69, 9.17) is 4.74 Å². The molecule has 1 heterocycles. The number of ether oxygens (including phenoxy) is 1. The average molecular weight is 376 g/mol. The van der Waals surface area contributed by atoms with Crippen molar-refractivity contribution in [3.8, 4) is 0 Å². The molecular formula is C19H24N2O4S. The normalized spacial score (nSPS) is 17.9. The Labute approximate surface area is 154 Å². The zero-order valence-corrected chi connectivity index (χ0v) is 15.9. The molecule has 1 aliphatic heterocycles. The lowest BCUT2D eigenvalue weighted by molar-refractivity contribution is -0.0424. The first-order valence-corrected chi connectivity index (χ1v) is 10.5. The average Bonchev–Trinajstić information content (AvgIpc) is 2.65. The SMILES string of the molecule is COC1(CNC(=O)c2cccc3ccccc23)CCN(S(C)(=O)=O)CC1. The number of sulfonamides is 1. The van der Waals surface area contributed by atoms with Crippen LogP contribution >= 0.6 is 0 Å². The lowest BCUT2D eigenvalue weighted by Gasteiger charge is -2.39. The van der Waals surface area contributed by atoms with Gasteiger partial charge in [-0.1, -0.05) is 36.4 Å². The van der Waals surface area contributed by atoms with E-state index in [0.29, 0.717) is 38.0 Å². The second-order valence-corrected chi connectivity index (χ2v) is 8.74. The number of methoxy groups -OCH3 is 1. The van der Waals surface area contributed by atoms with Gasteiger partial charge in [0.15, 0.2) is 0 Å². The number of hydrogen-bond donors (Lipinski definition) is 1. The molecule has 0 aliphatic carbocycles. The highest BCUT2D eigenvalue weighted by Gasteiger charge is 2.37. The molecule has 26 heavy (non-hydrogen) atoms. The Morgan fingerprint density at radius 2 is 1.81 bits per heavy atom. The molecule has 0 spiro atoms. The Morgan fingerprint density at radius 1 is 1.15 bits per heavy atom. The smallest absolute Gasteiger partial charge is 0.252 e. The van der Waals surface area contributed by atoms with Crippen LogP contribution in [0.3, 0.4) is 0 Å². The minimum Gasteiger partial charge on any atom is -0.376 e. The van der Waals surface area contributed by atoms with Gasteiger partial charge in [-0.3, -0.25) is 4.79 Å². The zero-order chi connectivity index (χ0) is 18.8. The monoisotopic (exact) mass is 376 g/mol. The molecule has 0 bridgehead atoms. The maximum atomic E-state index is 12.7. The van der Waals surface area contributed by atoms with Crippen LogP contribution in [0, 0.1) is 0 Å². The molecule has 1 fully saturated rings. The Balaban J connectivity index is 1.70. The molecule has 0 unspecified atom stereocenters. The van der Waals surface area contributed by atoms with Crippen LogP contribution < -0.4 is 5.32 Å². The number of hydrogen-bond acceptors (Lipinski definition) is 4. The maximum Gasteiger partial charge on any atom is 0.252 e. The number of benzene rings is 2. The van der Waals surface area contributed by atoms with Gasteiger partial charge in [0.1, 0.15) is 0 Å². The number of fused-ring (bicyclic) bond motifs is 1. The number of piperidine rings is 1. The van der Waals surface area contributed by atoms with E-state index in [-0.39, 0.29) is 5.91 Å². The molecule has 3 rings (SSSR count). The Morgan fingerprint density at radius 3 is 2.46 bits per heavy atom. The van der Waals surface area contributed by atoms with Crippen molar-refractivity contribution in [3.63, 3.8) is 0 Å². The summed E-state index contributed by atoms with van der Waals surface area (Å²) in [6.45, 7) is 1.15. The molecule has 7 heteroatoms. The molecule has 1 saturated heterocycles. The predicted octanol–water partition coefficient (Wildman–Crippen LogP) is 2.01. The lowest BCUT2D eigenvalue weighted by Crippen LogP contribution is -2.53. The van der Waals surface area contributed by atoms with E-state index in [1.165, 1.54) is 10.6 Å². The van der Waals surface area contributed by atoms with E-state index < -0.39 is 15.6 Å². The summed E-state index contributed by atoms with van der Waals surface area (Å²) in [7, 11) is -1.58. The molecule has 0 radical (unpaired) electrons. The van der Waals surface area contributed by atoms with Gasteiger partial charge in [-0.2, -0.15) is 0 Å². The summed E-state index contributed by atoms with van der Waals surface area (Å²) >= 11 is 0. The van der Waals surface area contributed by atoms with Crippen molar-refractivity contribution in [1.29, 1.82) is 0 Å². The van der Waals surface area contributed by atoms with E-state index >= 15 is 0 Å². The minimum atomic E-state index is -3.19. The van der Waals surface area contributed by atoms with Gasteiger partial charge in [-0.05, 0) is 29.7 Å². The fourth-order valence-electron chi connectivity index (χ4n) is 3.44. The minimum absolute atomic E-state index is 0.149.